The van der Waals surface area contributed by atoms with Gasteiger partial charge in [0.15, 0.2) is 0 Å². The van der Waals surface area contributed by atoms with Crippen molar-refractivity contribution < 1.29 is 9.53 Å². The molecular formula is C11H18O2. The Balaban J connectivity index is 2.28. The van der Waals surface area contributed by atoms with Crippen LogP contribution in [0.2, 0.25) is 0 Å². The standard InChI is InChI=1S/C11H18O2/c1-10(2)8-4-5-11(3,6-8)9(10)13-7-12/h7-9H,4-6H2,1-3H3/t8-,9+,11-/m0/s1. The Kier molecular flexibility index (Phi) is 1.73. The van der Waals surface area contributed by atoms with Crippen molar-refractivity contribution in [1.82, 2.24) is 0 Å². The van der Waals surface area contributed by atoms with E-state index in [1.165, 1.54) is 19.3 Å². The first-order valence-corrected chi connectivity index (χ1v) is 5.10. The maximum Gasteiger partial charge on any atom is 0.293 e. The molecule has 0 aromatic rings. The summed E-state index contributed by atoms with van der Waals surface area (Å²) in [7, 11) is 0. The van der Waals surface area contributed by atoms with Gasteiger partial charge >= 0.3 is 0 Å². The molecule has 74 valence electrons. The summed E-state index contributed by atoms with van der Waals surface area (Å²) < 4.78 is 5.27. The van der Waals surface area contributed by atoms with Crippen LogP contribution in [0.1, 0.15) is 40.0 Å². The summed E-state index contributed by atoms with van der Waals surface area (Å²) in [5.41, 5.74) is 0.447. The number of hydrogen-bond donors (Lipinski definition) is 0. The Morgan fingerprint density at radius 1 is 1.38 bits per heavy atom. The van der Waals surface area contributed by atoms with Gasteiger partial charge < -0.3 is 4.74 Å². The van der Waals surface area contributed by atoms with Crippen molar-refractivity contribution in [2.45, 2.75) is 46.1 Å². The average molecular weight is 182 g/mol. The summed E-state index contributed by atoms with van der Waals surface area (Å²) in [5, 5.41) is 0. The fourth-order valence-electron chi connectivity index (χ4n) is 3.65. The van der Waals surface area contributed by atoms with E-state index in [-0.39, 0.29) is 16.9 Å². The highest BCUT2D eigenvalue weighted by molar-refractivity contribution is 5.38. The van der Waals surface area contributed by atoms with Gasteiger partial charge in [0, 0.05) is 10.8 Å². The first kappa shape index (κ1) is 9.04. The highest BCUT2D eigenvalue weighted by Gasteiger charge is 2.60. The second-order valence-corrected chi connectivity index (χ2v) is 5.53. The molecule has 0 aromatic carbocycles. The summed E-state index contributed by atoms with van der Waals surface area (Å²) in [6, 6.07) is 0. The highest BCUT2D eigenvalue weighted by atomic mass is 16.5. The van der Waals surface area contributed by atoms with Gasteiger partial charge in [0.1, 0.15) is 6.10 Å². The second-order valence-electron chi connectivity index (χ2n) is 5.53. The summed E-state index contributed by atoms with van der Waals surface area (Å²) in [4.78, 5) is 10.4. The molecule has 0 N–H and O–H groups in total. The number of fused-ring (bicyclic) bond motifs is 2. The molecule has 2 aliphatic carbocycles. The molecule has 2 rings (SSSR count). The third-order valence-electron chi connectivity index (χ3n) is 4.33. The van der Waals surface area contributed by atoms with Crippen LogP contribution in [0.15, 0.2) is 0 Å². The Labute approximate surface area is 79.7 Å². The molecule has 13 heavy (non-hydrogen) atoms. The van der Waals surface area contributed by atoms with E-state index in [1.807, 2.05) is 0 Å². The second kappa shape index (κ2) is 2.49. The molecule has 0 spiro atoms. The van der Waals surface area contributed by atoms with Crippen molar-refractivity contribution in [3.63, 3.8) is 0 Å². The van der Waals surface area contributed by atoms with Crippen LogP contribution < -0.4 is 0 Å². The van der Waals surface area contributed by atoms with Gasteiger partial charge in [0.25, 0.3) is 6.47 Å². The van der Waals surface area contributed by atoms with Crippen molar-refractivity contribution in [1.29, 1.82) is 0 Å². The lowest BCUT2D eigenvalue weighted by Gasteiger charge is -2.40. The fourth-order valence-corrected chi connectivity index (χ4v) is 3.65. The van der Waals surface area contributed by atoms with E-state index in [1.54, 1.807) is 0 Å². The Morgan fingerprint density at radius 2 is 2.08 bits per heavy atom. The summed E-state index contributed by atoms with van der Waals surface area (Å²) in [6.45, 7) is 7.35. The molecular weight excluding hydrogens is 164 g/mol. The first-order valence-electron chi connectivity index (χ1n) is 5.10. The Morgan fingerprint density at radius 3 is 2.54 bits per heavy atom. The van der Waals surface area contributed by atoms with Crippen molar-refractivity contribution >= 4 is 6.47 Å². The van der Waals surface area contributed by atoms with Crippen LogP contribution in [-0.2, 0) is 9.53 Å². The van der Waals surface area contributed by atoms with E-state index in [2.05, 4.69) is 20.8 Å². The lowest BCUT2D eigenvalue weighted by molar-refractivity contribution is -0.148. The van der Waals surface area contributed by atoms with Gasteiger partial charge in [0.2, 0.25) is 0 Å². The van der Waals surface area contributed by atoms with Gasteiger partial charge in [0.05, 0.1) is 0 Å². The maximum absolute atomic E-state index is 10.4. The fraction of sp³-hybridized carbons (Fsp3) is 0.909. The molecule has 0 aliphatic heterocycles. The minimum absolute atomic E-state index is 0.135. The zero-order chi connectivity index (χ0) is 9.69. The summed E-state index contributed by atoms with van der Waals surface area (Å²) in [5.74, 6) is 0.752. The topological polar surface area (TPSA) is 26.3 Å². The molecule has 3 atom stereocenters. The smallest absolute Gasteiger partial charge is 0.293 e. The van der Waals surface area contributed by atoms with Crippen molar-refractivity contribution in [3.05, 3.63) is 0 Å². The zero-order valence-corrected chi connectivity index (χ0v) is 8.67. The van der Waals surface area contributed by atoms with Gasteiger partial charge in [-0.25, -0.2) is 0 Å². The minimum atomic E-state index is 0.135. The SMILES string of the molecule is CC1(C)[C@H]2CC[C@@](C)(C2)[C@@H]1OC=O. The molecule has 2 heteroatoms. The molecule has 0 radical (unpaired) electrons. The molecule has 0 heterocycles. The summed E-state index contributed by atoms with van der Waals surface area (Å²) in [6.07, 6.45) is 3.90. The largest absolute Gasteiger partial charge is 0.463 e. The zero-order valence-electron chi connectivity index (χ0n) is 8.67. The predicted octanol–water partition coefficient (Wildman–Crippen LogP) is 2.37. The van der Waals surface area contributed by atoms with E-state index < -0.39 is 0 Å². The van der Waals surface area contributed by atoms with Crippen molar-refractivity contribution in [2.24, 2.45) is 16.7 Å². The predicted molar refractivity (Wildman–Crippen MR) is 50.2 cm³/mol. The molecule has 2 nitrogen and oxygen atoms in total. The lowest BCUT2D eigenvalue weighted by atomic mass is 9.70. The number of rotatable bonds is 2. The van der Waals surface area contributed by atoms with Gasteiger partial charge in [-0.15, -0.1) is 0 Å². The van der Waals surface area contributed by atoms with Gasteiger partial charge in [-0.3, -0.25) is 4.79 Å². The number of ether oxygens (including phenoxy) is 1. The quantitative estimate of drug-likeness (QED) is 0.613. The molecule has 2 saturated carbocycles. The minimum Gasteiger partial charge on any atom is -0.463 e. The van der Waals surface area contributed by atoms with Crippen molar-refractivity contribution in [2.75, 3.05) is 0 Å². The normalized spacial score (nSPS) is 46.4. The number of hydrogen-bond acceptors (Lipinski definition) is 2. The maximum atomic E-state index is 10.4. The van der Waals surface area contributed by atoms with Crippen LogP contribution in [0.5, 0.6) is 0 Å². The third-order valence-corrected chi connectivity index (χ3v) is 4.33. The van der Waals surface area contributed by atoms with Crippen molar-refractivity contribution in [3.8, 4) is 0 Å². The summed E-state index contributed by atoms with van der Waals surface area (Å²) >= 11 is 0. The van der Waals surface area contributed by atoms with E-state index in [9.17, 15) is 4.79 Å². The van der Waals surface area contributed by atoms with Crippen LogP contribution in [0.4, 0.5) is 0 Å². The van der Waals surface area contributed by atoms with E-state index in [4.69, 9.17) is 4.74 Å². The Bertz CT molecular complexity index is 229. The third kappa shape index (κ3) is 1.04. The molecule has 2 bridgehead atoms. The number of carbonyl (C=O) groups excluding carboxylic acids is 1. The highest BCUT2D eigenvalue weighted by Crippen LogP contribution is 2.63. The average Bonchev–Trinajstić information content (AvgIpc) is 2.50. The monoisotopic (exact) mass is 182 g/mol. The van der Waals surface area contributed by atoms with E-state index in [0.717, 1.165) is 5.92 Å². The van der Waals surface area contributed by atoms with Crippen LogP contribution in [0.25, 0.3) is 0 Å². The molecule has 2 fully saturated rings. The molecule has 0 aromatic heterocycles. The molecule has 0 saturated heterocycles. The van der Waals surface area contributed by atoms with Gasteiger partial charge in [-0.05, 0) is 25.2 Å². The molecule has 2 aliphatic rings. The first-order chi connectivity index (χ1) is 6.00. The van der Waals surface area contributed by atoms with Crippen LogP contribution in [0, 0.1) is 16.7 Å². The van der Waals surface area contributed by atoms with Gasteiger partial charge in [-0.2, -0.15) is 0 Å². The van der Waals surface area contributed by atoms with Crippen LogP contribution in [-0.4, -0.2) is 12.6 Å². The van der Waals surface area contributed by atoms with E-state index >= 15 is 0 Å². The lowest BCUT2D eigenvalue weighted by Crippen LogP contribution is -2.42. The van der Waals surface area contributed by atoms with Gasteiger partial charge in [-0.1, -0.05) is 20.8 Å². The Hall–Kier alpha value is -0.530. The molecule has 0 unspecified atom stereocenters. The number of carbonyl (C=O) groups is 1. The molecule has 0 amide bonds. The van der Waals surface area contributed by atoms with Crippen LogP contribution in [0.3, 0.4) is 0 Å². The van der Waals surface area contributed by atoms with Crippen LogP contribution >= 0.6 is 0 Å². The van der Waals surface area contributed by atoms with E-state index in [0.29, 0.717) is 6.47 Å².